The molecule has 4 rings (SSSR count). The Hall–Kier alpha value is -3.26. The van der Waals surface area contributed by atoms with E-state index in [0.717, 1.165) is 11.3 Å². The Morgan fingerprint density at radius 1 is 1.00 bits per heavy atom. The van der Waals surface area contributed by atoms with Crippen molar-refractivity contribution < 1.29 is 12.9 Å². The van der Waals surface area contributed by atoms with Gasteiger partial charge in [-0.3, -0.25) is 4.68 Å². The fourth-order valence-electron chi connectivity index (χ4n) is 2.94. The first kappa shape index (κ1) is 19.1. The van der Waals surface area contributed by atoms with Gasteiger partial charge in [0.25, 0.3) is 5.89 Å². The third-order valence-electron chi connectivity index (χ3n) is 4.62. The summed E-state index contributed by atoms with van der Waals surface area (Å²) in [7, 11) is -3.25. The van der Waals surface area contributed by atoms with Crippen LogP contribution in [0.25, 0.3) is 23.0 Å². The van der Waals surface area contributed by atoms with Crippen molar-refractivity contribution in [1.82, 2.24) is 19.9 Å². The molecule has 0 aliphatic heterocycles. The van der Waals surface area contributed by atoms with Crippen molar-refractivity contribution in [3.05, 3.63) is 71.4 Å². The van der Waals surface area contributed by atoms with Crippen LogP contribution in [0.1, 0.15) is 16.8 Å². The van der Waals surface area contributed by atoms with Crippen molar-refractivity contribution in [2.75, 3.05) is 6.26 Å². The van der Waals surface area contributed by atoms with E-state index >= 15 is 0 Å². The predicted octanol–water partition coefficient (Wildman–Crippen LogP) is 3.67. The number of rotatable bonds is 5. The van der Waals surface area contributed by atoms with Crippen molar-refractivity contribution >= 4 is 9.84 Å². The Kier molecular flexibility index (Phi) is 4.79. The number of hydrogen-bond donors (Lipinski definition) is 0. The van der Waals surface area contributed by atoms with Gasteiger partial charge in [-0.1, -0.05) is 35.0 Å². The molecule has 0 saturated carbocycles. The lowest BCUT2D eigenvalue weighted by molar-refractivity contribution is 0.430. The Balaban J connectivity index is 1.57. The molecule has 0 spiro atoms. The monoisotopic (exact) mass is 408 g/mol. The summed E-state index contributed by atoms with van der Waals surface area (Å²) in [4.78, 5) is 4.66. The number of sulfone groups is 1. The minimum absolute atomic E-state index is 0.246. The third-order valence-corrected chi connectivity index (χ3v) is 5.75. The summed E-state index contributed by atoms with van der Waals surface area (Å²) in [6.45, 7) is 4.69. The number of aromatic nitrogens is 4. The van der Waals surface area contributed by atoms with E-state index in [1.807, 2.05) is 17.7 Å². The van der Waals surface area contributed by atoms with Gasteiger partial charge in [-0.25, -0.2) is 8.42 Å². The van der Waals surface area contributed by atoms with Crippen LogP contribution < -0.4 is 0 Å². The molecule has 7 nitrogen and oxygen atoms in total. The van der Waals surface area contributed by atoms with E-state index in [9.17, 15) is 8.42 Å². The van der Waals surface area contributed by atoms with Crippen LogP contribution in [0.4, 0.5) is 0 Å². The number of nitrogens with zero attached hydrogens (tertiary/aromatic N) is 4. The molecule has 0 unspecified atom stereocenters. The van der Waals surface area contributed by atoms with E-state index in [1.54, 1.807) is 12.1 Å². The maximum absolute atomic E-state index is 11.6. The minimum Gasteiger partial charge on any atom is -0.332 e. The summed E-state index contributed by atoms with van der Waals surface area (Å²) in [6, 6.07) is 16.6. The summed E-state index contributed by atoms with van der Waals surface area (Å²) in [5.41, 5.74) is 4.63. The zero-order chi connectivity index (χ0) is 20.6. The highest BCUT2D eigenvalue weighted by atomic mass is 32.2. The van der Waals surface area contributed by atoms with Crippen molar-refractivity contribution in [1.29, 1.82) is 0 Å². The first-order valence-corrected chi connectivity index (χ1v) is 10.9. The van der Waals surface area contributed by atoms with Crippen LogP contribution >= 0.6 is 0 Å². The van der Waals surface area contributed by atoms with Crippen molar-refractivity contribution in [2.45, 2.75) is 25.3 Å². The van der Waals surface area contributed by atoms with Crippen molar-refractivity contribution in [3.63, 3.8) is 0 Å². The van der Waals surface area contributed by atoms with Gasteiger partial charge in [0.05, 0.1) is 11.4 Å². The van der Waals surface area contributed by atoms with Crippen LogP contribution in [0.2, 0.25) is 0 Å². The molecule has 2 aromatic heterocycles. The molecule has 148 valence electrons. The molecule has 0 aliphatic carbocycles. The van der Waals surface area contributed by atoms with Gasteiger partial charge in [-0.05, 0) is 49.7 Å². The molecule has 29 heavy (non-hydrogen) atoms. The zero-order valence-corrected chi connectivity index (χ0v) is 17.1. The van der Waals surface area contributed by atoms with E-state index < -0.39 is 9.84 Å². The molecule has 0 atom stereocenters. The first-order valence-electron chi connectivity index (χ1n) is 9.04. The molecular formula is C21H20N4O3S. The highest BCUT2D eigenvalue weighted by molar-refractivity contribution is 7.90. The molecule has 0 saturated heterocycles. The molecule has 8 heteroatoms. The second-order valence-electron chi connectivity index (χ2n) is 7.03. The SMILES string of the molecule is Cc1ccc(Cn2nc(-c3nc(-c4ccc(S(C)(=O)=O)cc4)no3)cc2C)cc1. The van der Waals surface area contributed by atoms with Gasteiger partial charge in [0, 0.05) is 17.5 Å². The normalized spacial score (nSPS) is 11.7. The molecule has 2 heterocycles. The van der Waals surface area contributed by atoms with Crippen LogP contribution in [0.3, 0.4) is 0 Å². The maximum atomic E-state index is 11.6. The average Bonchev–Trinajstić information content (AvgIpc) is 3.30. The van der Waals surface area contributed by atoms with Crippen molar-refractivity contribution in [3.8, 4) is 23.0 Å². The summed E-state index contributed by atoms with van der Waals surface area (Å²) in [5, 5.41) is 8.59. The Morgan fingerprint density at radius 3 is 2.34 bits per heavy atom. The largest absolute Gasteiger partial charge is 0.332 e. The van der Waals surface area contributed by atoms with Gasteiger partial charge >= 0.3 is 0 Å². The predicted molar refractivity (Wildman–Crippen MR) is 109 cm³/mol. The second kappa shape index (κ2) is 7.29. The Morgan fingerprint density at radius 2 is 1.69 bits per heavy atom. The van der Waals surface area contributed by atoms with Gasteiger partial charge in [0.1, 0.15) is 0 Å². The summed E-state index contributed by atoms with van der Waals surface area (Å²) in [5.74, 6) is 0.698. The fraction of sp³-hybridized carbons (Fsp3) is 0.190. The van der Waals surface area contributed by atoms with Crippen molar-refractivity contribution in [2.24, 2.45) is 0 Å². The van der Waals surface area contributed by atoms with Crippen LogP contribution in [0.5, 0.6) is 0 Å². The lowest BCUT2D eigenvalue weighted by Crippen LogP contribution is -2.03. The van der Waals surface area contributed by atoms with E-state index in [1.165, 1.54) is 24.0 Å². The van der Waals surface area contributed by atoms with E-state index in [4.69, 9.17) is 4.52 Å². The van der Waals surface area contributed by atoms with Gasteiger partial charge in [0.2, 0.25) is 5.82 Å². The smallest absolute Gasteiger partial charge is 0.278 e. The standard InChI is InChI=1S/C21H20N4O3S/c1-14-4-6-16(7-5-14)13-25-15(2)12-19(23-25)21-22-20(24-28-21)17-8-10-18(11-9-17)29(3,26)27/h4-12H,13H2,1-3H3. The summed E-state index contributed by atoms with van der Waals surface area (Å²) < 4.78 is 30.5. The fourth-order valence-corrected chi connectivity index (χ4v) is 3.57. The van der Waals surface area contributed by atoms with Gasteiger partial charge in [-0.2, -0.15) is 10.1 Å². The lowest BCUT2D eigenvalue weighted by atomic mass is 10.1. The highest BCUT2D eigenvalue weighted by Gasteiger charge is 2.16. The maximum Gasteiger partial charge on any atom is 0.278 e. The molecule has 4 aromatic rings. The molecule has 0 N–H and O–H groups in total. The number of hydrogen-bond acceptors (Lipinski definition) is 6. The van der Waals surface area contributed by atoms with E-state index in [-0.39, 0.29) is 4.90 Å². The van der Waals surface area contributed by atoms with Crippen LogP contribution in [0.15, 0.2) is 64.0 Å². The second-order valence-corrected chi connectivity index (χ2v) is 9.05. The molecule has 0 amide bonds. The summed E-state index contributed by atoms with van der Waals surface area (Å²) in [6.07, 6.45) is 1.17. The minimum atomic E-state index is -3.25. The van der Waals surface area contributed by atoms with Crippen LogP contribution in [-0.4, -0.2) is 34.6 Å². The average molecular weight is 408 g/mol. The van der Waals surface area contributed by atoms with Crippen LogP contribution in [-0.2, 0) is 16.4 Å². The molecule has 0 fully saturated rings. The summed E-state index contributed by atoms with van der Waals surface area (Å²) >= 11 is 0. The molecule has 0 radical (unpaired) electrons. The first-order chi connectivity index (χ1) is 13.8. The lowest BCUT2D eigenvalue weighted by Gasteiger charge is -2.04. The highest BCUT2D eigenvalue weighted by Crippen LogP contribution is 2.23. The van der Waals surface area contributed by atoms with Gasteiger partial charge in [0.15, 0.2) is 15.5 Å². The number of aryl methyl sites for hydroxylation is 2. The molecule has 2 aromatic carbocycles. The quantitative estimate of drug-likeness (QED) is 0.500. The zero-order valence-electron chi connectivity index (χ0n) is 16.3. The van der Waals surface area contributed by atoms with E-state index in [0.29, 0.717) is 29.5 Å². The van der Waals surface area contributed by atoms with Gasteiger partial charge < -0.3 is 4.52 Å². The Labute approximate surface area is 168 Å². The molecule has 0 bridgehead atoms. The molecule has 0 aliphatic rings. The van der Waals surface area contributed by atoms with Crippen LogP contribution in [0, 0.1) is 13.8 Å². The van der Waals surface area contributed by atoms with Gasteiger partial charge in [-0.15, -0.1) is 0 Å². The van der Waals surface area contributed by atoms with E-state index in [2.05, 4.69) is 46.4 Å². The topological polar surface area (TPSA) is 90.9 Å². The Bertz CT molecular complexity index is 1250. The molecular weight excluding hydrogens is 388 g/mol. The third kappa shape index (κ3) is 4.12. The number of benzene rings is 2.